The second kappa shape index (κ2) is 9.19. The predicted octanol–water partition coefficient (Wildman–Crippen LogP) is 2.28. The van der Waals surface area contributed by atoms with Gasteiger partial charge in [0.1, 0.15) is 6.04 Å². The zero-order valence-electron chi connectivity index (χ0n) is 9.40. The van der Waals surface area contributed by atoms with E-state index in [0.29, 0.717) is 12.8 Å². The van der Waals surface area contributed by atoms with Crippen molar-refractivity contribution in [2.75, 3.05) is 5.88 Å². The number of benzene rings is 1. The zero-order chi connectivity index (χ0) is 12.4. The second-order valence-electron chi connectivity index (χ2n) is 3.24. The molecule has 1 unspecified atom stereocenters. The van der Waals surface area contributed by atoms with Crippen LogP contribution in [0.1, 0.15) is 18.9 Å². The Kier molecular flexibility index (Phi) is 8.58. The highest BCUT2D eigenvalue weighted by atomic mass is 35.5. The fourth-order valence-corrected chi connectivity index (χ4v) is 1.09. The minimum absolute atomic E-state index is 0.485. The standard InChI is InChI=1S/C10H13NO2.C2H5Cl/c11-9(10(12)13)7-6-8-4-2-1-3-5-8;1-2-3/h1-5,9H,6-7,11H2,(H,12,13);2H2,1H3. The number of hydrogen-bond acceptors (Lipinski definition) is 2. The number of halogens is 1. The number of nitrogens with two attached hydrogens (primary N) is 1. The number of hydrogen-bond donors (Lipinski definition) is 2. The van der Waals surface area contributed by atoms with E-state index in [9.17, 15) is 4.79 Å². The van der Waals surface area contributed by atoms with Crippen molar-refractivity contribution in [3.05, 3.63) is 35.9 Å². The fraction of sp³-hybridized carbons (Fsp3) is 0.417. The molecule has 1 atom stereocenters. The summed E-state index contributed by atoms with van der Waals surface area (Å²) in [7, 11) is 0. The van der Waals surface area contributed by atoms with Crippen LogP contribution in [0.4, 0.5) is 0 Å². The van der Waals surface area contributed by atoms with Gasteiger partial charge in [0.25, 0.3) is 0 Å². The molecule has 0 spiro atoms. The summed E-state index contributed by atoms with van der Waals surface area (Å²) in [6.07, 6.45) is 1.20. The molecule has 0 radical (unpaired) electrons. The van der Waals surface area contributed by atoms with E-state index < -0.39 is 12.0 Å². The van der Waals surface area contributed by atoms with Gasteiger partial charge in [0.15, 0.2) is 0 Å². The summed E-state index contributed by atoms with van der Waals surface area (Å²) in [5.41, 5.74) is 6.49. The van der Waals surface area contributed by atoms with Gasteiger partial charge in [-0.2, -0.15) is 0 Å². The van der Waals surface area contributed by atoms with Gasteiger partial charge in [-0.25, -0.2) is 0 Å². The Hall–Kier alpha value is -1.06. The van der Waals surface area contributed by atoms with Crippen LogP contribution in [0, 0.1) is 0 Å². The van der Waals surface area contributed by atoms with Gasteiger partial charge in [-0.3, -0.25) is 4.79 Å². The quantitative estimate of drug-likeness (QED) is 0.798. The monoisotopic (exact) mass is 243 g/mol. The average molecular weight is 244 g/mol. The summed E-state index contributed by atoms with van der Waals surface area (Å²) >= 11 is 5.00. The molecule has 0 saturated heterocycles. The number of aryl methyl sites for hydroxylation is 1. The second-order valence-corrected chi connectivity index (χ2v) is 3.77. The van der Waals surface area contributed by atoms with Gasteiger partial charge < -0.3 is 10.8 Å². The maximum Gasteiger partial charge on any atom is 0.320 e. The van der Waals surface area contributed by atoms with Crippen LogP contribution < -0.4 is 5.73 Å². The lowest BCUT2D eigenvalue weighted by molar-refractivity contribution is -0.138. The normalized spacial score (nSPS) is 11.2. The summed E-state index contributed by atoms with van der Waals surface area (Å²) in [6.45, 7) is 1.89. The molecule has 90 valence electrons. The first kappa shape index (κ1) is 14.9. The van der Waals surface area contributed by atoms with Gasteiger partial charge in [0.05, 0.1) is 0 Å². The number of carboxylic acids is 1. The largest absolute Gasteiger partial charge is 0.480 e. The molecule has 0 aromatic heterocycles. The molecule has 3 N–H and O–H groups in total. The highest BCUT2D eigenvalue weighted by Crippen LogP contribution is 2.03. The first-order valence-electron chi connectivity index (χ1n) is 5.20. The highest BCUT2D eigenvalue weighted by molar-refractivity contribution is 6.17. The molecule has 0 aliphatic rings. The third kappa shape index (κ3) is 7.26. The SMILES string of the molecule is CCCl.NC(CCc1ccccc1)C(=O)O. The Morgan fingerprint density at radius 3 is 2.38 bits per heavy atom. The van der Waals surface area contributed by atoms with E-state index in [2.05, 4.69) is 0 Å². The topological polar surface area (TPSA) is 63.3 Å². The lowest BCUT2D eigenvalue weighted by atomic mass is 10.1. The number of rotatable bonds is 4. The summed E-state index contributed by atoms with van der Waals surface area (Å²) in [5.74, 6) is -0.212. The van der Waals surface area contributed by atoms with Gasteiger partial charge in [0, 0.05) is 5.88 Å². The van der Waals surface area contributed by atoms with Crippen molar-refractivity contribution in [1.82, 2.24) is 0 Å². The molecule has 1 rings (SSSR count). The molecule has 0 heterocycles. The van der Waals surface area contributed by atoms with Gasteiger partial charge in [-0.15, -0.1) is 11.6 Å². The molecule has 4 heteroatoms. The van der Waals surface area contributed by atoms with Crippen LogP contribution in [-0.2, 0) is 11.2 Å². The van der Waals surface area contributed by atoms with Crippen LogP contribution in [0.5, 0.6) is 0 Å². The summed E-state index contributed by atoms with van der Waals surface area (Å²) < 4.78 is 0. The number of carbonyl (C=O) groups is 1. The molecular formula is C12H18ClNO2. The minimum atomic E-state index is -0.934. The smallest absolute Gasteiger partial charge is 0.320 e. The molecule has 16 heavy (non-hydrogen) atoms. The zero-order valence-corrected chi connectivity index (χ0v) is 10.2. The van der Waals surface area contributed by atoms with Gasteiger partial charge in [-0.05, 0) is 18.4 Å². The molecule has 1 aromatic rings. The molecule has 0 aliphatic carbocycles. The third-order valence-corrected chi connectivity index (χ3v) is 1.90. The van der Waals surface area contributed by atoms with E-state index in [4.69, 9.17) is 22.4 Å². The molecule has 0 bridgehead atoms. The van der Waals surface area contributed by atoms with Crippen molar-refractivity contribution in [2.24, 2.45) is 5.73 Å². The Morgan fingerprint density at radius 2 is 1.94 bits per heavy atom. The maximum absolute atomic E-state index is 10.4. The van der Waals surface area contributed by atoms with Crippen LogP contribution in [0.2, 0.25) is 0 Å². The maximum atomic E-state index is 10.4. The fourth-order valence-electron chi connectivity index (χ4n) is 1.09. The minimum Gasteiger partial charge on any atom is -0.480 e. The van der Waals surface area contributed by atoms with Crippen LogP contribution in [0.15, 0.2) is 30.3 Å². The van der Waals surface area contributed by atoms with Crippen LogP contribution in [0.25, 0.3) is 0 Å². The first-order chi connectivity index (χ1) is 7.61. The summed E-state index contributed by atoms with van der Waals surface area (Å²) in [5, 5.41) is 8.54. The molecular weight excluding hydrogens is 226 g/mol. The summed E-state index contributed by atoms with van der Waals surface area (Å²) in [6, 6.07) is 8.98. The molecule has 0 saturated carbocycles. The Balaban J connectivity index is 0.000000673. The number of aliphatic carboxylic acids is 1. The Labute approximate surface area is 101 Å². The van der Waals surface area contributed by atoms with Gasteiger partial charge in [-0.1, -0.05) is 37.3 Å². The van der Waals surface area contributed by atoms with E-state index in [-0.39, 0.29) is 0 Å². The van der Waals surface area contributed by atoms with Crippen molar-refractivity contribution in [2.45, 2.75) is 25.8 Å². The molecule has 0 amide bonds. The van der Waals surface area contributed by atoms with Crippen molar-refractivity contribution in [1.29, 1.82) is 0 Å². The molecule has 3 nitrogen and oxygen atoms in total. The van der Waals surface area contributed by atoms with Crippen LogP contribution in [-0.4, -0.2) is 23.0 Å². The van der Waals surface area contributed by atoms with E-state index in [1.807, 2.05) is 37.3 Å². The van der Waals surface area contributed by atoms with E-state index in [0.717, 1.165) is 11.4 Å². The van der Waals surface area contributed by atoms with E-state index in [1.54, 1.807) is 0 Å². The molecule has 1 aromatic carbocycles. The predicted molar refractivity (Wildman–Crippen MR) is 66.8 cm³/mol. The van der Waals surface area contributed by atoms with Crippen molar-refractivity contribution in [3.63, 3.8) is 0 Å². The van der Waals surface area contributed by atoms with Gasteiger partial charge >= 0.3 is 5.97 Å². The lowest BCUT2D eigenvalue weighted by Crippen LogP contribution is -2.30. The molecule has 0 aliphatic heterocycles. The van der Waals surface area contributed by atoms with Gasteiger partial charge in [0.2, 0.25) is 0 Å². The van der Waals surface area contributed by atoms with Crippen LogP contribution >= 0.6 is 11.6 Å². The van der Waals surface area contributed by atoms with Crippen molar-refractivity contribution >= 4 is 17.6 Å². The highest BCUT2D eigenvalue weighted by Gasteiger charge is 2.10. The van der Waals surface area contributed by atoms with Crippen molar-refractivity contribution < 1.29 is 9.90 Å². The first-order valence-corrected chi connectivity index (χ1v) is 5.73. The third-order valence-electron chi connectivity index (χ3n) is 1.90. The van der Waals surface area contributed by atoms with E-state index >= 15 is 0 Å². The van der Waals surface area contributed by atoms with Crippen molar-refractivity contribution in [3.8, 4) is 0 Å². The summed E-state index contributed by atoms with van der Waals surface area (Å²) in [4.78, 5) is 10.4. The molecule has 0 fully saturated rings. The number of alkyl halides is 1. The average Bonchev–Trinajstić information content (AvgIpc) is 2.28. The Morgan fingerprint density at radius 1 is 1.44 bits per heavy atom. The van der Waals surface area contributed by atoms with E-state index in [1.165, 1.54) is 0 Å². The van der Waals surface area contributed by atoms with Crippen LogP contribution in [0.3, 0.4) is 0 Å². The number of carboxylic acid groups (broad SMARTS) is 1. The lowest BCUT2D eigenvalue weighted by Gasteiger charge is -2.05. The Bertz CT molecular complexity index is 290.